The summed E-state index contributed by atoms with van der Waals surface area (Å²) in [6.07, 6.45) is 2.16. The summed E-state index contributed by atoms with van der Waals surface area (Å²) in [7, 11) is 0. The standard InChI is InChI=1S/C18H17ClO2/c19-18(15-11-21-17-6-2-1-5-14(15)17)13-7-8-16-12(10-13)4-3-9-20-16/h1-2,5-8,10,15,18H,3-4,9,11H2. The molecule has 0 N–H and O–H groups in total. The quantitative estimate of drug-likeness (QED) is 0.762. The van der Waals surface area contributed by atoms with E-state index in [-0.39, 0.29) is 11.3 Å². The van der Waals surface area contributed by atoms with Crippen LogP contribution in [0.3, 0.4) is 0 Å². The van der Waals surface area contributed by atoms with Gasteiger partial charge in [-0.1, -0.05) is 30.3 Å². The van der Waals surface area contributed by atoms with Crippen molar-refractivity contribution in [1.29, 1.82) is 0 Å². The fourth-order valence-corrected chi connectivity index (χ4v) is 3.56. The van der Waals surface area contributed by atoms with Crippen molar-refractivity contribution < 1.29 is 9.47 Å². The molecule has 0 saturated heterocycles. The fraction of sp³-hybridized carbons (Fsp3) is 0.333. The van der Waals surface area contributed by atoms with Crippen LogP contribution in [0.1, 0.15) is 34.4 Å². The molecule has 0 radical (unpaired) electrons. The lowest BCUT2D eigenvalue weighted by Gasteiger charge is -2.21. The molecular formula is C18H17ClO2. The van der Waals surface area contributed by atoms with E-state index < -0.39 is 0 Å². The molecule has 2 aliphatic heterocycles. The van der Waals surface area contributed by atoms with Crippen LogP contribution in [0.2, 0.25) is 0 Å². The van der Waals surface area contributed by atoms with E-state index in [0.29, 0.717) is 6.61 Å². The molecule has 21 heavy (non-hydrogen) atoms. The number of halogens is 1. The zero-order valence-corrected chi connectivity index (χ0v) is 12.5. The Kier molecular flexibility index (Phi) is 3.27. The van der Waals surface area contributed by atoms with Crippen molar-refractivity contribution in [2.24, 2.45) is 0 Å². The highest BCUT2D eigenvalue weighted by atomic mass is 35.5. The summed E-state index contributed by atoms with van der Waals surface area (Å²) < 4.78 is 11.4. The Morgan fingerprint density at radius 2 is 1.95 bits per heavy atom. The molecule has 0 fully saturated rings. The minimum Gasteiger partial charge on any atom is -0.493 e. The van der Waals surface area contributed by atoms with E-state index >= 15 is 0 Å². The number of para-hydroxylation sites is 1. The van der Waals surface area contributed by atoms with Crippen molar-refractivity contribution in [3.8, 4) is 11.5 Å². The third-order valence-corrected chi connectivity index (χ3v) is 4.90. The zero-order valence-electron chi connectivity index (χ0n) is 11.7. The van der Waals surface area contributed by atoms with Crippen LogP contribution in [0.5, 0.6) is 11.5 Å². The molecule has 0 saturated carbocycles. The minimum absolute atomic E-state index is 0.0686. The van der Waals surface area contributed by atoms with Crippen molar-refractivity contribution >= 4 is 11.6 Å². The number of rotatable bonds is 2. The highest BCUT2D eigenvalue weighted by Gasteiger charge is 2.31. The number of aryl methyl sites for hydroxylation is 1. The topological polar surface area (TPSA) is 18.5 Å². The molecule has 2 nitrogen and oxygen atoms in total. The Bertz CT molecular complexity index is 668. The van der Waals surface area contributed by atoms with Crippen LogP contribution in [0.15, 0.2) is 42.5 Å². The second kappa shape index (κ2) is 5.27. The molecule has 0 amide bonds. The van der Waals surface area contributed by atoms with Crippen LogP contribution in [0.25, 0.3) is 0 Å². The minimum atomic E-state index is -0.0686. The second-order valence-electron chi connectivity index (χ2n) is 5.68. The Balaban J connectivity index is 1.65. The lowest BCUT2D eigenvalue weighted by Crippen LogP contribution is -2.11. The molecule has 0 aliphatic carbocycles. The molecule has 2 unspecified atom stereocenters. The first-order valence-corrected chi connectivity index (χ1v) is 7.88. The molecule has 0 aromatic heterocycles. The van der Waals surface area contributed by atoms with Crippen LogP contribution < -0.4 is 9.47 Å². The summed E-state index contributed by atoms with van der Waals surface area (Å²) >= 11 is 6.76. The summed E-state index contributed by atoms with van der Waals surface area (Å²) in [5, 5.41) is -0.0686. The Morgan fingerprint density at radius 3 is 2.90 bits per heavy atom. The lowest BCUT2D eigenvalue weighted by atomic mass is 9.91. The second-order valence-corrected chi connectivity index (χ2v) is 6.15. The number of benzene rings is 2. The first kappa shape index (κ1) is 13.0. The van der Waals surface area contributed by atoms with E-state index in [0.717, 1.165) is 36.5 Å². The van der Waals surface area contributed by atoms with Crippen LogP contribution in [-0.2, 0) is 6.42 Å². The molecule has 4 rings (SSSR count). The monoisotopic (exact) mass is 300 g/mol. The van der Waals surface area contributed by atoms with Crippen molar-refractivity contribution in [1.82, 2.24) is 0 Å². The van der Waals surface area contributed by atoms with Gasteiger partial charge in [-0.25, -0.2) is 0 Å². The molecule has 2 aromatic carbocycles. The van der Waals surface area contributed by atoms with Gasteiger partial charge in [-0.15, -0.1) is 11.6 Å². The van der Waals surface area contributed by atoms with Gasteiger partial charge in [-0.2, -0.15) is 0 Å². The SMILES string of the molecule is ClC(c1ccc2c(c1)CCCO2)C1COc2ccccc21. The zero-order chi connectivity index (χ0) is 14.2. The first-order valence-electron chi connectivity index (χ1n) is 7.44. The van der Waals surface area contributed by atoms with Gasteiger partial charge in [-0.3, -0.25) is 0 Å². The molecule has 2 atom stereocenters. The normalized spacial score (nSPS) is 20.9. The highest BCUT2D eigenvalue weighted by Crippen LogP contribution is 2.45. The maximum Gasteiger partial charge on any atom is 0.122 e. The van der Waals surface area contributed by atoms with E-state index in [1.54, 1.807) is 0 Å². The average molecular weight is 301 g/mol. The van der Waals surface area contributed by atoms with E-state index in [2.05, 4.69) is 24.3 Å². The number of alkyl halides is 1. The van der Waals surface area contributed by atoms with Crippen LogP contribution in [0.4, 0.5) is 0 Å². The molecule has 0 bridgehead atoms. The van der Waals surface area contributed by atoms with Gasteiger partial charge in [0, 0.05) is 11.5 Å². The van der Waals surface area contributed by atoms with Crippen molar-refractivity contribution in [3.63, 3.8) is 0 Å². The summed E-state index contributed by atoms with van der Waals surface area (Å²) in [6, 6.07) is 14.5. The molecular weight excluding hydrogens is 284 g/mol. The molecule has 0 spiro atoms. The van der Waals surface area contributed by atoms with Gasteiger partial charge in [0.25, 0.3) is 0 Å². The van der Waals surface area contributed by atoms with Gasteiger partial charge < -0.3 is 9.47 Å². The highest BCUT2D eigenvalue weighted by molar-refractivity contribution is 6.21. The maximum atomic E-state index is 6.76. The number of ether oxygens (including phenoxy) is 2. The summed E-state index contributed by atoms with van der Waals surface area (Å²) in [5.74, 6) is 2.19. The molecule has 108 valence electrons. The van der Waals surface area contributed by atoms with Gasteiger partial charge >= 0.3 is 0 Å². The van der Waals surface area contributed by atoms with Gasteiger partial charge in [0.15, 0.2) is 0 Å². The maximum absolute atomic E-state index is 6.76. The largest absolute Gasteiger partial charge is 0.493 e. The van der Waals surface area contributed by atoms with Gasteiger partial charge in [0.05, 0.1) is 18.6 Å². The van der Waals surface area contributed by atoms with Crippen LogP contribution in [-0.4, -0.2) is 13.2 Å². The Hall–Kier alpha value is -1.67. The van der Waals surface area contributed by atoms with E-state index in [1.807, 2.05) is 18.2 Å². The third kappa shape index (κ3) is 2.28. The Morgan fingerprint density at radius 1 is 1.05 bits per heavy atom. The number of fused-ring (bicyclic) bond motifs is 2. The fourth-order valence-electron chi connectivity index (χ4n) is 3.21. The van der Waals surface area contributed by atoms with Crippen LogP contribution >= 0.6 is 11.6 Å². The molecule has 2 aromatic rings. The first-order chi connectivity index (χ1) is 10.3. The van der Waals surface area contributed by atoms with Gasteiger partial charge in [0.1, 0.15) is 11.5 Å². The van der Waals surface area contributed by atoms with Crippen molar-refractivity contribution in [2.75, 3.05) is 13.2 Å². The summed E-state index contributed by atoms with van der Waals surface area (Å²) in [6.45, 7) is 1.47. The van der Waals surface area contributed by atoms with E-state index in [9.17, 15) is 0 Å². The lowest BCUT2D eigenvalue weighted by molar-refractivity contribution is 0.288. The van der Waals surface area contributed by atoms with Gasteiger partial charge in [0.2, 0.25) is 0 Å². The Labute approximate surface area is 129 Å². The van der Waals surface area contributed by atoms with Crippen LogP contribution in [0, 0.1) is 0 Å². The predicted molar refractivity (Wildman–Crippen MR) is 83.5 cm³/mol. The summed E-state index contributed by atoms with van der Waals surface area (Å²) in [5.41, 5.74) is 3.65. The predicted octanol–water partition coefficient (Wildman–Crippen LogP) is 4.47. The summed E-state index contributed by atoms with van der Waals surface area (Å²) in [4.78, 5) is 0. The van der Waals surface area contributed by atoms with E-state index in [4.69, 9.17) is 21.1 Å². The molecule has 2 heterocycles. The molecule has 3 heteroatoms. The third-order valence-electron chi connectivity index (χ3n) is 4.34. The number of hydrogen-bond donors (Lipinski definition) is 0. The van der Waals surface area contributed by atoms with Crippen molar-refractivity contribution in [3.05, 3.63) is 59.2 Å². The average Bonchev–Trinajstić information content (AvgIpc) is 2.98. The van der Waals surface area contributed by atoms with Crippen molar-refractivity contribution in [2.45, 2.75) is 24.1 Å². The smallest absolute Gasteiger partial charge is 0.122 e. The van der Waals surface area contributed by atoms with E-state index in [1.165, 1.54) is 11.1 Å². The van der Waals surface area contributed by atoms with Gasteiger partial charge in [-0.05, 0) is 36.1 Å². The number of hydrogen-bond acceptors (Lipinski definition) is 2. The molecule has 2 aliphatic rings.